The predicted octanol–water partition coefficient (Wildman–Crippen LogP) is -0.892. The van der Waals surface area contributed by atoms with Crippen LogP contribution < -0.4 is 34.2 Å². The van der Waals surface area contributed by atoms with Crippen molar-refractivity contribution in [1.82, 2.24) is 0 Å². The third-order valence-electron chi connectivity index (χ3n) is 3.70. The van der Waals surface area contributed by atoms with Crippen LogP contribution in [0.3, 0.4) is 0 Å². The van der Waals surface area contributed by atoms with Gasteiger partial charge >= 0.3 is 82.1 Å². The fourth-order valence-electron chi connectivity index (χ4n) is 2.24. The predicted molar refractivity (Wildman–Crippen MR) is 128 cm³/mol. The summed E-state index contributed by atoms with van der Waals surface area (Å²) < 4.78 is 0. The van der Waals surface area contributed by atoms with Crippen LogP contribution in [0.4, 0.5) is 0 Å². The molecule has 0 amide bonds. The van der Waals surface area contributed by atoms with Gasteiger partial charge in [0.25, 0.3) is 0 Å². The van der Waals surface area contributed by atoms with E-state index < -0.39 is 0 Å². The molecule has 6 nitrogen and oxygen atoms in total. The van der Waals surface area contributed by atoms with Crippen LogP contribution in [0.2, 0.25) is 0 Å². The van der Waals surface area contributed by atoms with Crippen molar-refractivity contribution in [3.63, 3.8) is 0 Å². The molecule has 0 unspecified atom stereocenters. The van der Waals surface area contributed by atoms with E-state index in [4.69, 9.17) is 21.0 Å². The first-order valence-corrected chi connectivity index (χ1v) is 25.0. The zero-order valence-electron chi connectivity index (χ0n) is 16.8. The number of hydrogen-bond acceptors (Lipinski definition) is 6. The molecular weight excluding hydrogens is 843 g/mol. The second kappa shape index (κ2) is 22.8. The van der Waals surface area contributed by atoms with Gasteiger partial charge in [0.15, 0.2) is 34.6 Å². The van der Waals surface area contributed by atoms with Crippen LogP contribution in [0.25, 0.3) is 0 Å². The number of alkyl halides is 1. The maximum absolute atomic E-state index is 10.5. The van der Waals surface area contributed by atoms with Gasteiger partial charge in [-0.15, -0.1) is 0 Å². The standard InChI is InChI=1S/3C6H8O2.CH3I2.BI2/c3*7-5-3-1-2-4-6(5)8;2*1-3-2/h1-4H2;3,7H,1-2,4H2;3-4,7-8H,1-2H2;1H3;/q;;;2*-1. The Labute approximate surface area is 219 Å². The Morgan fingerprint density at radius 2 is 1.07 bits per heavy atom. The molecule has 3 rings (SSSR count). The summed E-state index contributed by atoms with van der Waals surface area (Å²) in [6.45, 7) is 0. The van der Waals surface area contributed by atoms with Crippen molar-refractivity contribution >= 4 is 60.3 Å². The van der Waals surface area contributed by atoms with E-state index in [9.17, 15) is 14.4 Å². The number of rotatable bonds is 0. The molecule has 11 heteroatoms. The third kappa shape index (κ3) is 19.3. The Kier molecular flexibility index (Phi) is 24.9. The fourth-order valence-corrected chi connectivity index (χ4v) is 2.24. The van der Waals surface area contributed by atoms with E-state index in [1.807, 2.05) is 0 Å². The number of aliphatic hydroxyl groups excluding tert-OH is 3. The Morgan fingerprint density at radius 3 is 1.30 bits per heavy atom. The zero-order valence-corrected chi connectivity index (χ0v) is 25.4. The van der Waals surface area contributed by atoms with Gasteiger partial charge in [0.05, 0.1) is 0 Å². The average Bonchev–Trinajstić information content (AvgIpc) is 2.71. The fraction of sp³-hybridized carbons (Fsp3) is 0.526. The number of hydrogen-bond donors (Lipinski definition) is 3. The van der Waals surface area contributed by atoms with Gasteiger partial charge in [0.2, 0.25) is 0 Å². The van der Waals surface area contributed by atoms with Gasteiger partial charge in [-0.2, -0.15) is 0 Å². The molecular formula is C19H27BI4O6-2. The molecule has 1 saturated carbocycles. The Balaban J connectivity index is 0. The Bertz CT molecular complexity index is 576. The van der Waals surface area contributed by atoms with Gasteiger partial charge < -0.3 is 15.3 Å². The molecule has 3 N–H and O–H groups in total. The van der Waals surface area contributed by atoms with Gasteiger partial charge in [-0.3, -0.25) is 14.4 Å². The minimum atomic E-state index is -0.170. The summed E-state index contributed by atoms with van der Waals surface area (Å²) in [5.74, 6) is -0.479. The number of Topliss-reactive ketones (excluding diaryl/α,β-unsaturated/α-hetero) is 3. The second-order valence-corrected chi connectivity index (χ2v) is 15.9. The quantitative estimate of drug-likeness (QED) is 0.126. The Morgan fingerprint density at radius 1 is 0.733 bits per heavy atom. The van der Waals surface area contributed by atoms with E-state index in [-0.39, 0.29) is 51.6 Å². The molecule has 0 aromatic heterocycles. The van der Waals surface area contributed by atoms with Crippen molar-refractivity contribution < 1.29 is 63.9 Å². The number of halogens is 4. The minimum absolute atomic E-state index is 0.0104. The monoisotopic (exact) mass is 870 g/mol. The van der Waals surface area contributed by atoms with E-state index in [0.29, 0.717) is 36.5 Å². The van der Waals surface area contributed by atoms with Crippen molar-refractivity contribution in [3.8, 4) is 0 Å². The van der Waals surface area contributed by atoms with E-state index in [0.717, 1.165) is 38.5 Å². The normalized spacial score (nSPS) is 17.8. The van der Waals surface area contributed by atoms with Crippen LogP contribution in [0.5, 0.6) is 0 Å². The number of allylic oxidation sites excluding steroid dienone is 4. The molecule has 172 valence electrons. The molecule has 3 aliphatic rings. The van der Waals surface area contributed by atoms with Crippen molar-refractivity contribution in [2.75, 3.05) is 4.93 Å². The maximum atomic E-state index is 10.5. The van der Waals surface area contributed by atoms with E-state index >= 15 is 0 Å². The van der Waals surface area contributed by atoms with Gasteiger partial charge in [0.1, 0.15) is 0 Å². The summed E-state index contributed by atoms with van der Waals surface area (Å²) in [6.07, 6.45) is 11.5. The number of carbonyl (C=O) groups is 3. The van der Waals surface area contributed by atoms with Crippen LogP contribution in [0, 0.1) is 0 Å². The molecule has 2 radical (unpaired) electrons. The molecule has 1 fully saturated rings. The van der Waals surface area contributed by atoms with Crippen molar-refractivity contribution in [2.24, 2.45) is 0 Å². The van der Waals surface area contributed by atoms with E-state index in [1.165, 1.54) is 0 Å². The van der Waals surface area contributed by atoms with Crippen molar-refractivity contribution in [2.45, 2.75) is 57.8 Å². The molecule has 0 aliphatic heterocycles. The van der Waals surface area contributed by atoms with Crippen LogP contribution in [0.1, 0.15) is 57.8 Å². The van der Waals surface area contributed by atoms with Crippen LogP contribution >= 0.6 is 37.2 Å². The molecule has 0 aromatic rings. The van der Waals surface area contributed by atoms with Gasteiger partial charge in [-0.1, -0.05) is 0 Å². The number of aliphatic hydroxyl groups is 3. The van der Waals surface area contributed by atoms with Crippen LogP contribution in [-0.2, 0) is 14.4 Å². The molecule has 0 aromatic carbocycles. The molecule has 3 aliphatic carbocycles. The topological polar surface area (TPSA) is 112 Å². The summed E-state index contributed by atoms with van der Waals surface area (Å²) in [6, 6.07) is 0. The van der Waals surface area contributed by atoms with E-state index in [2.05, 4.69) is 42.2 Å². The third-order valence-corrected chi connectivity index (χ3v) is 3.70. The average molecular weight is 870 g/mol. The first-order chi connectivity index (χ1) is 14.2. The van der Waals surface area contributed by atoms with Crippen molar-refractivity contribution in [3.05, 3.63) is 35.5 Å². The van der Waals surface area contributed by atoms with Gasteiger partial charge in [-0.05, 0) is 56.8 Å². The van der Waals surface area contributed by atoms with Gasteiger partial charge in [0, 0.05) is 19.3 Å². The first kappa shape index (κ1) is 32.8. The zero-order chi connectivity index (χ0) is 23.4. The summed E-state index contributed by atoms with van der Waals surface area (Å²) in [7, 11) is 0. The molecule has 0 atom stereocenters. The van der Waals surface area contributed by atoms with Crippen molar-refractivity contribution in [1.29, 1.82) is 0 Å². The Hall–Kier alpha value is 0.615. The number of ketones is 3. The SMILES string of the molecule is C[I-]I.O=C1CCCC=C1O.O=C1CCCCC1=O.OC1=CCCC=C1O.[B][I-]I. The molecule has 0 saturated heterocycles. The molecule has 0 heterocycles. The molecule has 0 spiro atoms. The summed E-state index contributed by atoms with van der Waals surface area (Å²) in [5.41, 5.74) is 4.94. The van der Waals surface area contributed by atoms with E-state index in [1.54, 1.807) is 18.2 Å². The van der Waals surface area contributed by atoms with Gasteiger partial charge in [-0.25, -0.2) is 0 Å². The summed E-state index contributed by atoms with van der Waals surface area (Å²) >= 11 is 5.19. The summed E-state index contributed by atoms with van der Waals surface area (Å²) in [4.78, 5) is 33.6. The summed E-state index contributed by atoms with van der Waals surface area (Å²) in [5, 5.41) is 26.1. The molecule has 30 heavy (non-hydrogen) atoms. The number of carbonyl (C=O) groups excluding carboxylic acids is 3. The molecule has 0 bridgehead atoms. The first-order valence-electron chi connectivity index (χ1n) is 9.07. The second-order valence-electron chi connectivity index (χ2n) is 5.94. The van der Waals surface area contributed by atoms with Crippen LogP contribution in [-0.4, -0.2) is 43.3 Å². The van der Waals surface area contributed by atoms with Crippen LogP contribution in [0.15, 0.2) is 35.5 Å².